The molecule has 0 amide bonds. The molecule has 0 saturated heterocycles. The third-order valence-electron chi connectivity index (χ3n) is 1.54. The van der Waals surface area contributed by atoms with Gasteiger partial charge in [-0.3, -0.25) is 4.99 Å². The lowest BCUT2D eigenvalue weighted by atomic mass is 10.1. The molecule has 0 aliphatic rings. The van der Waals surface area contributed by atoms with E-state index in [-0.39, 0.29) is 5.54 Å². The predicted octanol–water partition coefficient (Wildman–Crippen LogP) is 1.83. The average molecular weight is 217 g/mol. The zero-order valence-corrected chi connectivity index (χ0v) is 10.6. The number of guanidine groups is 1. The molecule has 0 aromatic rings. The van der Waals surface area contributed by atoms with E-state index in [0.29, 0.717) is 5.96 Å². The van der Waals surface area contributed by atoms with E-state index in [4.69, 9.17) is 5.73 Å². The van der Waals surface area contributed by atoms with Crippen molar-refractivity contribution in [3.05, 3.63) is 0 Å². The fourth-order valence-electron chi connectivity index (χ4n) is 0.981. The van der Waals surface area contributed by atoms with Crippen molar-refractivity contribution < 1.29 is 0 Å². The summed E-state index contributed by atoms with van der Waals surface area (Å²) in [6, 6.07) is 0. The van der Waals surface area contributed by atoms with Crippen LogP contribution in [0, 0.1) is 0 Å². The van der Waals surface area contributed by atoms with Crippen LogP contribution in [-0.4, -0.2) is 30.1 Å². The summed E-state index contributed by atoms with van der Waals surface area (Å²) in [6.45, 7) is 7.05. The molecule has 3 nitrogen and oxygen atoms in total. The Morgan fingerprint density at radius 2 is 2.00 bits per heavy atom. The number of nitrogens with zero attached hydrogens (tertiary/aromatic N) is 1. The van der Waals surface area contributed by atoms with Crippen LogP contribution in [0.2, 0.25) is 0 Å². The first-order valence-electron chi connectivity index (χ1n) is 5.03. The van der Waals surface area contributed by atoms with Gasteiger partial charge in [0.15, 0.2) is 5.96 Å². The Morgan fingerprint density at radius 1 is 1.36 bits per heavy atom. The lowest BCUT2D eigenvalue weighted by Gasteiger charge is -2.20. The first-order chi connectivity index (χ1) is 6.45. The Balaban J connectivity index is 3.57. The van der Waals surface area contributed by atoms with Crippen molar-refractivity contribution in [2.75, 3.05) is 18.6 Å². The summed E-state index contributed by atoms with van der Waals surface area (Å²) in [7, 11) is 0. The molecule has 0 aromatic heterocycles. The van der Waals surface area contributed by atoms with Gasteiger partial charge in [-0.05, 0) is 45.6 Å². The fraction of sp³-hybridized carbons (Fsp3) is 0.900. The Labute approximate surface area is 91.9 Å². The monoisotopic (exact) mass is 217 g/mol. The maximum atomic E-state index is 5.71. The fourth-order valence-corrected chi connectivity index (χ4v) is 1.47. The second-order valence-electron chi connectivity index (χ2n) is 4.34. The van der Waals surface area contributed by atoms with E-state index in [1.807, 2.05) is 11.8 Å². The van der Waals surface area contributed by atoms with Crippen LogP contribution >= 0.6 is 11.8 Å². The average Bonchev–Trinajstić information content (AvgIpc) is 2.00. The number of hydrogen-bond donors (Lipinski definition) is 2. The first kappa shape index (κ1) is 13.6. The number of unbranched alkanes of at least 4 members (excludes halogenated alkanes) is 1. The van der Waals surface area contributed by atoms with Crippen molar-refractivity contribution in [3.8, 4) is 0 Å². The van der Waals surface area contributed by atoms with E-state index in [1.165, 1.54) is 12.2 Å². The molecule has 0 bridgehead atoms. The Hall–Kier alpha value is -0.380. The van der Waals surface area contributed by atoms with E-state index < -0.39 is 0 Å². The van der Waals surface area contributed by atoms with Gasteiger partial charge in [-0.15, -0.1) is 0 Å². The molecule has 0 radical (unpaired) electrons. The molecule has 84 valence electrons. The molecular formula is C10H23N3S. The van der Waals surface area contributed by atoms with Crippen LogP contribution in [0.15, 0.2) is 4.99 Å². The highest BCUT2D eigenvalue weighted by Crippen LogP contribution is 2.00. The summed E-state index contributed by atoms with van der Waals surface area (Å²) >= 11 is 1.88. The van der Waals surface area contributed by atoms with Crippen molar-refractivity contribution in [2.24, 2.45) is 10.7 Å². The summed E-state index contributed by atoms with van der Waals surface area (Å²) in [6.07, 6.45) is 4.46. The van der Waals surface area contributed by atoms with Crippen LogP contribution < -0.4 is 11.1 Å². The second kappa shape index (κ2) is 6.98. The molecule has 4 heteroatoms. The molecule has 0 atom stereocenters. The molecule has 0 aliphatic heterocycles. The number of thioether (sulfide) groups is 1. The van der Waals surface area contributed by atoms with Crippen LogP contribution in [0.3, 0.4) is 0 Å². The van der Waals surface area contributed by atoms with E-state index in [2.05, 4.69) is 37.3 Å². The lowest BCUT2D eigenvalue weighted by Crippen LogP contribution is -2.45. The van der Waals surface area contributed by atoms with Gasteiger partial charge in [0.2, 0.25) is 0 Å². The number of nitrogens with two attached hydrogens (primary N) is 1. The molecule has 0 rings (SSSR count). The molecule has 0 fully saturated rings. The van der Waals surface area contributed by atoms with Gasteiger partial charge < -0.3 is 11.1 Å². The van der Waals surface area contributed by atoms with Crippen molar-refractivity contribution in [1.82, 2.24) is 5.32 Å². The van der Waals surface area contributed by atoms with Crippen LogP contribution in [0.25, 0.3) is 0 Å². The number of aliphatic imine (C=N–C) groups is 1. The minimum atomic E-state index is 0.00680. The Kier molecular flexibility index (Phi) is 6.79. The Bertz CT molecular complexity index is 173. The van der Waals surface area contributed by atoms with Crippen LogP contribution in [-0.2, 0) is 0 Å². The van der Waals surface area contributed by atoms with E-state index in [9.17, 15) is 0 Å². The molecule has 0 aliphatic carbocycles. The van der Waals surface area contributed by atoms with E-state index in [0.717, 1.165) is 13.0 Å². The SMILES string of the molecule is CSCCCCN=C(N)NC(C)(C)C. The molecule has 0 spiro atoms. The van der Waals surface area contributed by atoms with Gasteiger partial charge in [-0.2, -0.15) is 11.8 Å². The number of rotatable bonds is 5. The van der Waals surface area contributed by atoms with Crippen molar-refractivity contribution in [2.45, 2.75) is 39.2 Å². The van der Waals surface area contributed by atoms with Gasteiger partial charge in [-0.25, -0.2) is 0 Å². The largest absolute Gasteiger partial charge is 0.370 e. The second-order valence-corrected chi connectivity index (χ2v) is 5.33. The van der Waals surface area contributed by atoms with Crippen LogP contribution in [0.5, 0.6) is 0 Å². The highest BCUT2D eigenvalue weighted by molar-refractivity contribution is 7.98. The predicted molar refractivity (Wildman–Crippen MR) is 67.0 cm³/mol. The maximum absolute atomic E-state index is 5.71. The van der Waals surface area contributed by atoms with Crippen LogP contribution in [0.4, 0.5) is 0 Å². The molecule has 14 heavy (non-hydrogen) atoms. The number of hydrogen-bond acceptors (Lipinski definition) is 2. The lowest BCUT2D eigenvalue weighted by molar-refractivity contribution is 0.508. The van der Waals surface area contributed by atoms with Gasteiger partial charge in [0, 0.05) is 12.1 Å². The van der Waals surface area contributed by atoms with Crippen LogP contribution in [0.1, 0.15) is 33.6 Å². The van der Waals surface area contributed by atoms with Gasteiger partial charge in [0.25, 0.3) is 0 Å². The smallest absolute Gasteiger partial charge is 0.188 e. The summed E-state index contributed by atoms with van der Waals surface area (Å²) < 4.78 is 0. The first-order valence-corrected chi connectivity index (χ1v) is 6.42. The summed E-state index contributed by atoms with van der Waals surface area (Å²) in [5.41, 5.74) is 5.72. The van der Waals surface area contributed by atoms with Crippen molar-refractivity contribution >= 4 is 17.7 Å². The zero-order chi connectivity index (χ0) is 11.0. The van der Waals surface area contributed by atoms with E-state index >= 15 is 0 Å². The minimum absolute atomic E-state index is 0.00680. The molecule has 3 N–H and O–H groups in total. The van der Waals surface area contributed by atoms with Crippen molar-refractivity contribution in [1.29, 1.82) is 0 Å². The highest BCUT2D eigenvalue weighted by atomic mass is 32.2. The van der Waals surface area contributed by atoms with E-state index in [1.54, 1.807) is 0 Å². The summed E-state index contributed by atoms with van der Waals surface area (Å²) in [5, 5.41) is 3.13. The maximum Gasteiger partial charge on any atom is 0.188 e. The third-order valence-corrected chi connectivity index (χ3v) is 2.24. The molecule has 0 saturated carbocycles. The van der Waals surface area contributed by atoms with Gasteiger partial charge in [0.05, 0.1) is 0 Å². The quantitative estimate of drug-likeness (QED) is 0.420. The standard InChI is InChI=1S/C10H23N3S/c1-10(2,3)13-9(11)12-7-5-6-8-14-4/h5-8H2,1-4H3,(H3,11,12,13). The molecule has 0 aromatic carbocycles. The van der Waals surface area contributed by atoms with Crippen molar-refractivity contribution in [3.63, 3.8) is 0 Å². The molecule has 0 heterocycles. The summed E-state index contributed by atoms with van der Waals surface area (Å²) in [4.78, 5) is 4.26. The molecule has 0 unspecified atom stereocenters. The normalized spacial score (nSPS) is 13.0. The number of nitrogens with one attached hydrogen (secondary N) is 1. The zero-order valence-electron chi connectivity index (χ0n) is 9.76. The molecular weight excluding hydrogens is 194 g/mol. The third kappa shape index (κ3) is 9.71. The Morgan fingerprint density at radius 3 is 2.50 bits per heavy atom. The highest BCUT2D eigenvalue weighted by Gasteiger charge is 2.09. The van der Waals surface area contributed by atoms with Gasteiger partial charge >= 0.3 is 0 Å². The summed E-state index contributed by atoms with van der Waals surface area (Å²) in [5.74, 6) is 1.77. The minimum Gasteiger partial charge on any atom is -0.370 e. The topological polar surface area (TPSA) is 50.4 Å². The van der Waals surface area contributed by atoms with Gasteiger partial charge in [0.1, 0.15) is 0 Å². The van der Waals surface area contributed by atoms with Gasteiger partial charge in [-0.1, -0.05) is 0 Å².